The molecule has 0 unspecified atom stereocenters. The van der Waals surface area contributed by atoms with E-state index in [2.05, 4.69) is 10.3 Å². The van der Waals surface area contributed by atoms with Gasteiger partial charge in [-0.1, -0.05) is 18.2 Å². The van der Waals surface area contributed by atoms with Gasteiger partial charge in [0, 0.05) is 4.88 Å². The molecule has 128 valence electrons. The van der Waals surface area contributed by atoms with Gasteiger partial charge in [0.2, 0.25) is 0 Å². The van der Waals surface area contributed by atoms with E-state index >= 15 is 0 Å². The standard InChI is InChI=1S/C17H20N2O4S/c1-10-5-4-6-11(2)16(10)23-9-14(20)19-17-18-12(3)13(24-17)7-8-15(21)22/h4-6H,7-9H2,1-3H3,(H,21,22)(H,18,19,20). The molecule has 0 fully saturated rings. The zero-order valence-corrected chi connectivity index (χ0v) is 14.7. The van der Waals surface area contributed by atoms with Gasteiger partial charge < -0.3 is 9.84 Å². The first kappa shape index (κ1) is 17.9. The van der Waals surface area contributed by atoms with E-state index in [4.69, 9.17) is 9.84 Å². The number of carbonyl (C=O) groups excluding carboxylic acids is 1. The number of rotatable bonds is 7. The van der Waals surface area contributed by atoms with Crippen LogP contribution in [0.1, 0.15) is 28.1 Å². The van der Waals surface area contributed by atoms with E-state index in [0.29, 0.717) is 17.3 Å². The maximum atomic E-state index is 12.0. The second-order valence-corrected chi connectivity index (χ2v) is 6.56. The molecule has 0 saturated carbocycles. The Kier molecular flexibility index (Phi) is 5.92. The highest BCUT2D eigenvalue weighted by Gasteiger charge is 2.13. The predicted octanol–water partition coefficient (Wildman–Crippen LogP) is 3.10. The molecule has 1 aromatic heterocycles. The number of carbonyl (C=O) groups is 2. The van der Waals surface area contributed by atoms with Crippen molar-refractivity contribution in [1.82, 2.24) is 4.98 Å². The molecule has 2 rings (SSSR count). The lowest BCUT2D eigenvalue weighted by Gasteiger charge is -2.11. The van der Waals surface area contributed by atoms with Crippen LogP contribution >= 0.6 is 11.3 Å². The summed E-state index contributed by atoms with van der Waals surface area (Å²) < 4.78 is 5.60. The first-order valence-electron chi connectivity index (χ1n) is 7.53. The number of carboxylic acids is 1. The van der Waals surface area contributed by atoms with Gasteiger partial charge in [-0.25, -0.2) is 4.98 Å². The summed E-state index contributed by atoms with van der Waals surface area (Å²) in [5.41, 5.74) is 2.69. The summed E-state index contributed by atoms with van der Waals surface area (Å²) in [6.07, 6.45) is 0.458. The van der Waals surface area contributed by atoms with E-state index in [0.717, 1.165) is 21.7 Å². The molecule has 0 aliphatic heterocycles. The number of thiazole rings is 1. The molecular weight excluding hydrogens is 328 g/mol. The molecule has 6 nitrogen and oxygen atoms in total. The third kappa shape index (κ3) is 4.79. The molecule has 0 bridgehead atoms. The molecule has 1 amide bonds. The molecule has 1 heterocycles. The fourth-order valence-corrected chi connectivity index (χ4v) is 3.23. The Morgan fingerprint density at radius 1 is 1.25 bits per heavy atom. The molecule has 0 aliphatic rings. The van der Waals surface area contributed by atoms with Crippen LogP contribution in [-0.2, 0) is 16.0 Å². The Bertz CT molecular complexity index is 735. The van der Waals surface area contributed by atoms with E-state index < -0.39 is 5.97 Å². The number of nitrogens with zero attached hydrogens (tertiary/aromatic N) is 1. The van der Waals surface area contributed by atoms with E-state index in [-0.39, 0.29) is 18.9 Å². The molecule has 7 heteroatoms. The van der Waals surface area contributed by atoms with E-state index in [1.165, 1.54) is 11.3 Å². The first-order chi connectivity index (χ1) is 11.4. The van der Waals surface area contributed by atoms with Crippen LogP contribution in [0.2, 0.25) is 0 Å². The lowest BCUT2D eigenvalue weighted by Crippen LogP contribution is -2.20. The van der Waals surface area contributed by atoms with Crippen LogP contribution in [0.15, 0.2) is 18.2 Å². The lowest BCUT2D eigenvalue weighted by atomic mass is 10.1. The molecule has 0 spiro atoms. The number of aryl methyl sites for hydroxylation is 4. The van der Waals surface area contributed by atoms with Crippen molar-refractivity contribution >= 4 is 28.3 Å². The van der Waals surface area contributed by atoms with E-state index in [9.17, 15) is 9.59 Å². The fraction of sp³-hybridized carbons (Fsp3) is 0.353. The van der Waals surface area contributed by atoms with Gasteiger partial charge >= 0.3 is 5.97 Å². The Morgan fingerprint density at radius 2 is 1.92 bits per heavy atom. The summed E-state index contributed by atoms with van der Waals surface area (Å²) in [5.74, 6) is -0.434. The molecule has 0 radical (unpaired) electrons. The maximum Gasteiger partial charge on any atom is 0.303 e. The number of para-hydroxylation sites is 1. The third-order valence-electron chi connectivity index (χ3n) is 3.46. The highest BCUT2D eigenvalue weighted by molar-refractivity contribution is 7.15. The summed E-state index contributed by atoms with van der Waals surface area (Å²) in [7, 11) is 0. The van der Waals surface area contributed by atoms with Crippen LogP contribution in [0.4, 0.5) is 5.13 Å². The number of ether oxygens (including phenoxy) is 1. The number of hydrogen-bond acceptors (Lipinski definition) is 5. The topological polar surface area (TPSA) is 88.5 Å². The van der Waals surface area contributed by atoms with Crippen LogP contribution < -0.4 is 10.1 Å². The van der Waals surface area contributed by atoms with Gasteiger partial charge in [0.1, 0.15) is 5.75 Å². The number of anilines is 1. The molecule has 0 saturated heterocycles. The molecule has 1 aromatic carbocycles. The summed E-state index contributed by atoms with van der Waals surface area (Å²) in [6.45, 7) is 5.56. The average molecular weight is 348 g/mol. The van der Waals surface area contributed by atoms with Crippen molar-refractivity contribution in [3.05, 3.63) is 39.9 Å². The summed E-state index contributed by atoms with van der Waals surface area (Å²) in [4.78, 5) is 27.8. The van der Waals surface area contributed by atoms with Gasteiger partial charge in [-0.3, -0.25) is 14.9 Å². The van der Waals surface area contributed by atoms with Crippen molar-refractivity contribution in [3.63, 3.8) is 0 Å². The van der Waals surface area contributed by atoms with Gasteiger partial charge in [-0.05, 0) is 38.3 Å². The molecule has 2 aromatic rings. The minimum Gasteiger partial charge on any atom is -0.483 e. The monoisotopic (exact) mass is 348 g/mol. The van der Waals surface area contributed by atoms with Crippen LogP contribution in [-0.4, -0.2) is 28.6 Å². The Morgan fingerprint density at radius 3 is 2.54 bits per heavy atom. The van der Waals surface area contributed by atoms with Crippen molar-refractivity contribution in [2.24, 2.45) is 0 Å². The smallest absolute Gasteiger partial charge is 0.303 e. The largest absolute Gasteiger partial charge is 0.483 e. The van der Waals surface area contributed by atoms with Crippen molar-refractivity contribution in [3.8, 4) is 5.75 Å². The predicted molar refractivity (Wildman–Crippen MR) is 92.8 cm³/mol. The third-order valence-corrected chi connectivity index (χ3v) is 4.59. The van der Waals surface area contributed by atoms with E-state index in [1.807, 2.05) is 32.0 Å². The highest BCUT2D eigenvalue weighted by Crippen LogP contribution is 2.24. The van der Waals surface area contributed by atoms with Crippen molar-refractivity contribution in [2.75, 3.05) is 11.9 Å². The summed E-state index contributed by atoms with van der Waals surface area (Å²) in [5, 5.41) is 11.9. The SMILES string of the molecule is Cc1cccc(C)c1OCC(=O)Nc1nc(C)c(CCC(=O)O)s1. The van der Waals surface area contributed by atoms with Crippen molar-refractivity contribution < 1.29 is 19.4 Å². The summed E-state index contributed by atoms with van der Waals surface area (Å²) >= 11 is 1.30. The summed E-state index contributed by atoms with van der Waals surface area (Å²) in [6, 6.07) is 5.80. The quantitative estimate of drug-likeness (QED) is 0.802. The Labute approximate surface area is 144 Å². The van der Waals surface area contributed by atoms with Gasteiger partial charge in [-0.15, -0.1) is 11.3 Å². The highest BCUT2D eigenvalue weighted by atomic mass is 32.1. The minimum absolute atomic E-state index is 0.0477. The number of amides is 1. The zero-order valence-electron chi connectivity index (χ0n) is 13.9. The molecular formula is C17H20N2O4S. The normalized spacial score (nSPS) is 10.5. The molecule has 0 atom stereocenters. The first-order valence-corrected chi connectivity index (χ1v) is 8.35. The van der Waals surface area contributed by atoms with Gasteiger partial charge in [-0.2, -0.15) is 0 Å². The number of benzene rings is 1. The van der Waals surface area contributed by atoms with Crippen molar-refractivity contribution in [2.45, 2.75) is 33.6 Å². The van der Waals surface area contributed by atoms with Crippen LogP contribution in [0.25, 0.3) is 0 Å². The van der Waals surface area contributed by atoms with Crippen LogP contribution in [0, 0.1) is 20.8 Å². The maximum absolute atomic E-state index is 12.0. The van der Waals surface area contributed by atoms with Crippen LogP contribution in [0.5, 0.6) is 5.75 Å². The van der Waals surface area contributed by atoms with Gasteiger partial charge in [0.25, 0.3) is 5.91 Å². The number of aliphatic carboxylic acids is 1. The second kappa shape index (κ2) is 7.92. The van der Waals surface area contributed by atoms with Gasteiger partial charge in [0.15, 0.2) is 11.7 Å². The fourth-order valence-electron chi connectivity index (χ4n) is 2.25. The number of aromatic nitrogens is 1. The van der Waals surface area contributed by atoms with Crippen LogP contribution in [0.3, 0.4) is 0 Å². The molecule has 0 aliphatic carbocycles. The molecule has 2 N–H and O–H groups in total. The Hall–Kier alpha value is -2.41. The average Bonchev–Trinajstić information content (AvgIpc) is 2.84. The number of hydrogen-bond donors (Lipinski definition) is 2. The van der Waals surface area contributed by atoms with E-state index in [1.54, 1.807) is 6.92 Å². The number of carboxylic acid groups (broad SMARTS) is 1. The van der Waals surface area contributed by atoms with Crippen molar-refractivity contribution in [1.29, 1.82) is 0 Å². The van der Waals surface area contributed by atoms with Gasteiger partial charge in [0.05, 0.1) is 12.1 Å². The minimum atomic E-state index is -0.851. The molecule has 24 heavy (non-hydrogen) atoms. The number of nitrogens with one attached hydrogen (secondary N) is 1. The second-order valence-electron chi connectivity index (χ2n) is 5.48. The lowest BCUT2D eigenvalue weighted by molar-refractivity contribution is -0.137. The Balaban J connectivity index is 1.93. The zero-order chi connectivity index (χ0) is 17.7.